The zero-order chi connectivity index (χ0) is 31.4. The minimum absolute atomic E-state index is 0.469. The maximum atomic E-state index is 6.51. The molecule has 0 amide bonds. The second-order valence-corrected chi connectivity index (χ2v) is 15.0. The fourth-order valence-electron chi connectivity index (χ4n) is 5.63. The van der Waals surface area contributed by atoms with Crippen molar-refractivity contribution in [1.29, 1.82) is 0 Å². The maximum Gasteiger partial charge on any atom is 0.537 e. The number of rotatable bonds is 17. The van der Waals surface area contributed by atoms with E-state index in [4.69, 9.17) is 26.6 Å². The molecule has 0 bridgehead atoms. The van der Waals surface area contributed by atoms with Crippen molar-refractivity contribution >= 4 is 28.0 Å². The lowest BCUT2D eigenvalue weighted by Gasteiger charge is -2.32. The Kier molecular flexibility index (Phi) is 12.7. The van der Waals surface area contributed by atoms with Gasteiger partial charge in [0, 0.05) is 50.0 Å². The summed E-state index contributed by atoms with van der Waals surface area (Å²) in [5, 5.41) is 1.87. The quantitative estimate of drug-likeness (QED) is 0.115. The lowest BCUT2D eigenvalue weighted by molar-refractivity contribution is 0.0851. The van der Waals surface area contributed by atoms with Gasteiger partial charge in [-0.15, -0.1) is 0 Å². The highest BCUT2D eigenvalue weighted by atomic mass is 28.4. The summed E-state index contributed by atoms with van der Waals surface area (Å²) >= 11 is 0. The molecule has 4 aromatic carbocycles. The van der Waals surface area contributed by atoms with Crippen molar-refractivity contribution < 1.29 is 26.6 Å². The van der Waals surface area contributed by atoms with E-state index in [1.807, 2.05) is 53.7 Å². The molecule has 0 aliphatic rings. The summed E-state index contributed by atoms with van der Waals surface area (Å²) in [7, 11) is -6.43. The average Bonchev–Trinajstić information content (AvgIpc) is 3.05. The summed E-state index contributed by atoms with van der Waals surface area (Å²) in [5.74, 6) is 0. The van der Waals surface area contributed by atoms with E-state index in [-0.39, 0.29) is 0 Å². The predicted octanol–water partition coefficient (Wildman–Crippen LogP) is 7.20. The molecule has 6 nitrogen and oxygen atoms in total. The Bertz CT molecular complexity index is 1400. The van der Waals surface area contributed by atoms with Crippen LogP contribution in [0.2, 0.25) is 0 Å². The average molecular weight is 631 g/mol. The van der Waals surface area contributed by atoms with Crippen LogP contribution in [0.4, 0.5) is 0 Å². The van der Waals surface area contributed by atoms with Crippen molar-refractivity contribution in [3.63, 3.8) is 0 Å². The maximum absolute atomic E-state index is 6.51. The largest absolute Gasteiger partial charge is 0.537 e. The third-order valence-corrected chi connectivity index (χ3v) is 13.3. The van der Waals surface area contributed by atoms with Crippen LogP contribution in [-0.2, 0) is 26.6 Å². The molecule has 0 heterocycles. The molecule has 0 fully saturated rings. The normalized spacial score (nSPS) is 12.0. The van der Waals surface area contributed by atoms with E-state index in [1.54, 1.807) is 0 Å². The molecule has 0 saturated carbocycles. The van der Waals surface area contributed by atoms with Gasteiger partial charge < -0.3 is 26.6 Å². The zero-order valence-corrected chi connectivity index (χ0v) is 28.9. The lowest BCUT2D eigenvalue weighted by Crippen LogP contribution is -2.58. The number of hydrogen-bond donors (Lipinski definition) is 0. The summed E-state index contributed by atoms with van der Waals surface area (Å²) in [4.78, 5) is 0. The first-order chi connectivity index (χ1) is 21.5. The SMILES string of the molecule is CCO[Si](OCC)(OCC)c1ccc(-c2c([Si](OCC)(OCC)OCC)ccc(-c3ccccc3)c2-c2ccccc2)cc1. The fourth-order valence-corrected chi connectivity index (χ4v) is 10.8. The summed E-state index contributed by atoms with van der Waals surface area (Å²) < 4.78 is 38.2. The molecule has 4 rings (SSSR count). The van der Waals surface area contributed by atoms with E-state index >= 15 is 0 Å². The van der Waals surface area contributed by atoms with Crippen LogP contribution in [0, 0.1) is 0 Å². The van der Waals surface area contributed by atoms with Crippen molar-refractivity contribution in [2.75, 3.05) is 39.6 Å². The van der Waals surface area contributed by atoms with Crippen LogP contribution in [0.3, 0.4) is 0 Å². The third-order valence-electron chi connectivity index (χ3n) is 7.22. The molecule has 0 aliphatic heterocycles. The van der Waals surface area contributed by atoms with Crippen LogP contribution in [0.5, 0.6) is 0 Å². The Labute approximate surface area is 265 Å². The van der Waals surface area contributed by atoms with Gasteiger partial charge in [-0.1, -0.05) is 97.1 Å². The van der Waals surface area contributed by atoms with Crippen molar-refractivity contribution in [3.05, 3.63) is 97.1 Å². The lowest BCUT2D eigenvalue weighted by atomic mass is 9.87. The predicted molar refractivity (Wildman–Crippen MR) is 183 cm³/mol. The summed E-state index contributed by atoms with van der Waals surface area (Å²) in [6.45, 7) is 14.8. The second-order valence-electron chi connectivity index (χ2n) is 9.93. The second kappa shape index (κ2) is 16.4. The zero-order valence-electron chi connectivity index (χ0n) is 26.9. The third kappa shape index (κ3) is 7.30. The van der Waals surface area contributed by atoms with Crippen molar-refractivity contribution in [1.82, 2.24) is 0 Å². The van der Waals surface area contributed by atoms with Gasteiger partial charge in [0.15, 0.2) is 0 Å². The van der Waals surface area contributed by atoms with E-state index in [0.717, 1.165) is 43.8 Å². The van der Waals surface area contributed by atoms with Crippen molar-refractivity contribution in [2.45, 2.75) is 41.5 Å². The van der Waals surface area contributed by atoms with Crippen molar-refractivity contribution in [3.8, 4) is 33.4 Å². The first-order valence-electron chi connectivity index (χ1n) is 15.8. The van der Waals surface area contributed by atoms with Gasteiger partial charge in [-0.3, -0.25) is 0 Å². The molecule has 44 heavy (non-hydrogen) atoms. The molecule has 0 saturated heterocycles. The highest BCUT2D eigenvalue weighted by Crippen LogP contribution is 2.40. The smallest absolute Gasteiger partial charge is 0.370 e. The molecule has 0 atom stereocenters. The summed E-state index contributed by atoms with van der Waals surface area (Å²) in [6.07, 6.45) is 0. The first kappa shape index (κ1) is 34.0. The molecule has 4 aromatic rings. The molecular weight excluding hydrogens is 585 g/mol. The van der Waals surface area contributed by atoms with E-state index in [1.165, 1.54) is 0 Å². The Morgan fingerprint density at radius 1 is 0.386 bits per heavy atom. The van der Waals surface area contributed by atoms with Crippen LogP contribution in [0.15, 0.2) is 97.1 Å². The van der Waals surface area contributed by atoms with Gasteiger partial charge in [-0.2, -0.15) is 0 Å². The molecule has 0 aliphatic carbocycles. The Hall–Kier alpha value is -2.93. The molecular formula is C36H46O6Si2. The molecule has 0 radical (unpaired) electrons. The molecule has 0 aromatic heterocycles. The fraction of sp³-hybridized carbons (Fsp3) is 0.333. The van der Waals surface area contributed by atoms with Crippen LogP contribution < -0.4 is 10.4 Å². The molecule has 0 N–H and O–H groups in total. The van der Waals surface area contributed by atoms with Gasteiger partial charge in [-0.25, -0.2) is 0 Å². The minimum atomic E-state index is -3.34. The van der Waals surface area contributed by atoms with Gasteiger partial charge in [0.05, 0.1) is 0 Å². The van der Waals surface area contributed by atoms with Gasteiger partial charge in [0.1, 0.15) is 0 Å². The summed E-state index contributed by atoms with van der Waals surface area (Å²) in [6, 6.07) is 33.8. The van der Waals surface area contributed by atoms with E-state index in [0.29, 0.717) is 39.6 Å². The van der Waals surface area contributed by atoms with E-state index < -0.39 is 17.6 Å². The summed E-state index contributed by atoms with van der Waals surface area (Å²) in [5.41, 5.74) is 6.49. The van der Waals surface area contributed by atoms with E-state index in [9.17, 15) is 0 Å². The molecule has 0 unspecified atom stereocenters. The van der Waals surface area contributed by atoms with Crippen LogP contribution in [0.25, 0.3) is 33.4 Å². The number of hydrogen-bond acceptors (Lipinski definition) is 6. The highest BCUT2D eigenvalue weighted by molar-refractivity contribution is 6.77. The minimum Gasteiger partial charge on any atom is -0.370 e. The standard InChI is InChI=1S/C36H46O6Si2/c1-7-37-43(38-8-2,39-9-3)32-25-23-31(24-26-32)36-34(44(40-10-4,41-11-5)42-12-6)28-27-33(29-19-15-13-16-20-29)35(36)30-21-17-14-18-22-30/h13-28H,7-12H2,1-6H3. The van der Waals surface area contributed by atoms with Gasteiger partial charge in [0.25, 0.3) is 0 Å². The van der Waals surface area contributed by atoms with Crippen LogP contribution in [0.1, 0.15) is 41.5 Å². The monoisotopic (exact) mass is 630 g/mol. The van der Waals surface area contributed by atoms with Gasteiger partial charge in [0.2, 0.25) is 0 Å². The Morgan fingerprint density at radius 2 is 0.795 bits per heavy atom. The first-order valence-corrected chi connectivity index (χ1v) is 19.2. The van der Waals surface area contributed by atoms with Gasteiger partial charge in [-0.05, 0) is 74.9 Å². The van der Waals surface area contributed by atoms with Crippen LogP contribution >= 0.6 is 0 Å². The van der Waals surface area contributed by atoms with Crippen molar-refractivity contribution in [2.24, 2.45) is 0 Å². The molecule has 0 spiro atoms. The Morgan fingerprint density at radius 3 is 1.25 bits per heavy atom. The Balaban J connectivity index is 2.08. The van der Waals surface area contributed by atoms with Gasteiger partial charge >= 0.3 is 17.6 Å². The molecule has 8 heteroatoms. The molecule has 234 valence electrons. The van der Waals surface area contributed by atoms with Crippen LogP contribution in [-0.4, -0.2) is 57.3 Å². The number of benzene rings is 4. The topological polar surface area (TPSA) is 55.4 Å². The van der Waals surface area contributed by atoms with E-state index in [2.05, 4.69) is 84.9 Å². The highest BCUT2D eigenvalue weighted by Gasteiger charge is 2.47.